The second-order valence-corrected chi connectivity index (χ2v) is 6.63. The summed E-state index contributed by atoms with van der Waals surface area (Å²) in [6.45, 7) is 4.07. The van der Waals surface area contributed by atoms with E-state index < -0.39 is 0 Å². The standard InChI is InChI=1S/C21H27N3O2/c1-2-3-6-13-23-21(26)18-11-14-24(15-12-18)20(25)10-9-17-7-4-5-8-19(17)16-22/h4-5,7-10,18H,2-3,6,11-15H2,1H3,(H,23,26)/b10-9+. The second kappa shape index (κ2) is 10.4. The van der Waals surface area contributed by atoms with Gasteiger partial charge in [-0.05, 0) is 37.0 Å². The van der Waals surface area contributed by atoms with Gasteiger partial charge in [-0.2, -0.15) is 5.26 Å². The number of amides is 2. The number of benzene rings is 1. The number of unbranched alkanes of at least 4 members (excludes halogenated alkanes) is 2. The summed E-state index contributed by atoms with van der Waals surface area (Å²) in [4.78, 5) is 26.3. The van der Waals surface area contributed by atoms with Crippen molar-refractivity contribution in [1.82, 2.24) is 10.2 Å². The average molecular weight is 353 g/mol. The molecule has 0 aliphatic carbocycles. The zero-order valence-corrected chi connectivity index (χ0v) is 15.4. The van der Waals surface area contributed by atoms with Gasteiger partial charge in [0.25, 0.3) is 0 Å². The van der Waals surface area contributed by atoms with E-state index in [-0.39, 0.29) is 17.7 Å². The normalized spacial score (nSPS) is 15.0. The maximum Gasteiger partial charge on any atom is 0.246 e. The largest absolute Gasteiger partial charge is 0.356 e. The molecule has 0 bridgehead atoms. The lowest BCUT2D eigenvalue weighted by atomic mass is 9.95. The van der Waals surface area contributed by atoms with Crippen molar-refractivity contribution in [3.05, 3.63) is 41.5 Å². The Balaban J connectivity index is 1.80. The van der Waals surface area contributed by atoms with E-state index in [9.17, 15) is 9.59 Å². The van der Waals surface area contributed by atoms with Gasteiger partial charge in [-0.1, -0.05) is 38.0 Å². The molecule has 1 saturated heterocycles. The summed E-state index contributed by atoms with van der Waals surface area (Å²) in [5.41, 5.74) is 1.29. The highest BCUT2D eigenvalue weighted by molar-refractivity contribution is 5.92. The Labute approximate surface area is 155 Å². The molecule has 0 radical (unpaired) electrons. The van der Waals surface area contributed by atoms with E-state index in [0.717, 1.165) is 31.4 Å². The minimum atomic E-state index is -0.0699. The van der Waals surface area contributed by atoms with Crippen LogP contribution < -0.4 is 5.32 Å². The van der Waals surface area contributed by atoms with Gasteiger partial charge in [0.15, 0.2) is 0 Å². The predicted octanol–water partition coefficient (Wildman–Crippen LogP) is 3.12. The van der Waals surface area contributed by atoms with Crippen molar-refractivity contribution < 1.29 is 9.59 Å². The number of nitrogens with zero attached hydrogens (tertiary/aromatic N) is 2. The van der Waals surface area contributed by atoms with Crippen LogP contribution in [0, 0.1) is 17.2 Å². The van der Waals surface area contributed by atoms with Crippen molar-refractivity contribution in [3.63, 3.8) is 0 Å². The SMILES string of the molecule is CCCCCNC(=O)C1CCN(C(=O)/C=C/c2ccccc2C#N)CC1. The first-order chi connectivity index (χ1) is 12.7. The number of likely N-dealkylation sites (tertiary alicyclic amines) is 1. The Kier molecular flexibility index (Phi) is 7.88. The van der Waals surface area contributed by atoms with Crippen LogP contribution in [-0.4, -0.2) is 36.3 Å². The van der Waals surface area contributed by atoms with Crippen molar-refractivity contribution >= 4 is 17.9 Å². The number of rotatable bonds is 7. The first-order valence-corrected chi connectivity index (χ1v) is 9.39. The molecule has 1 aromatic rings. The molecule has 138 valence electrons. The summed E-state index contributed by atoms with van der Waals surface area (Å²) in [5.74, 6) is 0.0511. The van der Waals surface area contributed by atoms with Gasteiger partial charge in [0.2, 0.25) is 11.8 Å². The Hall–Kier alpha value is -2.61. The predicted molar refractivity (Wildman–Crippen MR) is 102 cm³/mol. The lowest BCUT2D eigenvalue weighted by molar-refractivity contribution is -0.132. The number of hydrogen-bond acceptors (Lipinski definition) is 3. The quantitative estimate of drug-likeness (QED) is 0.605. The van der Waals surface area contributed by atoms with E-state index in [1.165, 1.54) is 6.08 Å². The zero-order chi connectivity index (χ0) is 18.8. The van der Waals surface area contributed by atoms with Crippen molar-refractivity contribution in [2.45, 2.75) is 39.0 Å². The minimum Gasteiger partial charge on any atom is -0.356 e. The van der Waals surface area contributed by atoms with Crippen LogP contribution >= 0.6 is 0 Å². The molecule has 0 atom stereocenters. The van der Waals surface area contributed by atoms with Gasteiger partial charge in [-0.25, -0.2) is 0 Å². The van der Waals surface area contributed by atoms with Crippen LogP contribution in [0.5, 0.6) is 0 Å². The van der Waals surface area contributed by atoms with Gasteiger partial charge in [0.05, 0.1) is 11.6 Å². The molecule has 0 unspecified atom stereocenters. The van der Waals surface area contributed by atoms with Crippen LogP contribution in [0.2, 0.25) is 0 Å². The van der Waals surface area contributed by atoms with Gasteiger partial charge in [0.1, 0.15) is 0 Å². The monoisotopic (exact) mass is 353 g/mol. The van der Waals surface area contributed by atoms with Gasteiger partial charge in [0, 0.05) is 31.6 Å². The topological polar surface area (TPSA) is 73.2 Å². The van der Waals surface area contributed by atoms with E-state index in [1.807, 2.05) is 12.1 Å². The number of nitrogens with one attached hydrogen (secondary N) is 1. The zero-order valence-electron chi connectivity index (χ0n) is 15.4. The van der Waals surface area contributed by atoms with E-state index in [2.05, 4.69) is 18.3 Å². The Morgan fingerprint density at radius 3 is 2.69 bits per heavy atom. The molecule has 2 amide bonds. The van der Waals surface area contributed by atoms with E-state index >= 15 is 0 Å². The third-order valence-electron chi connectivity index (χ3n) is 4.74. The molecule has 1 heterocycles. The minimum absolute atomic E-state index is 0.00368. The summed E-state index contributed by atoms with van der Waals surface area (Å²) in [6.07, 6.45) is 7.91. The van der Waals surface area contributed by atoms with Crippen LogP contribution in [0.25, 0.3) is 6.08 Å². The molecule has 26 heavy (non-hydrogen) atoms. The highest BCUT2D eigenvalue weighted by Crippen LogP contribution is 2.18. The van der Waals surface area contributed by atoms with Crippen LogP contribution in [0.4, 0.5) is 0 Å². The maximum absolute atomic E-state index is 12.3. The molecule has 1 fully saturated rings. The molecular weight excluding hydrogens is 326 g/mol. The fourth-order valence-corrected chi connectivity index (χ4v) is 3.10. The Morgan fingerprint density at radius 1 is 1.27 bits per heavy atom. The van der Waals surface area contributed by atoms with Gasteiger partial charge in [-0.15, -0.1) is 0 Å². The molecule has 1 aliphatic rings. The van der Waals surface area contributed by atoms with E-state index in [0.29, 0.717) is 31.5 Å². The number of piperidine rings is 1. The summed E-state index contributed by atoms with van der Waals surface area (Å²) in [5, 5.41) is 12.1. The number of carbonyl (C=O) groups excluding carboxylic acids is 2. The summed E-state index contributed by atoms with van der Waals surface area (Å²) < 4.78 is 0. The van der Waals surface area contributed by atoms with Crippen LogP contribution in [0.15, 0.2) is 30.3 Å². The Bertz CT molecular complexity index is 683. The van der Waals surface area contributed by atoms with Crippen molar-refractivity contribution in [2.24, 2.45) is 5.92 Å². The molecule has 0 spiro atoms. The summed E-state index contributed by atoms with van der Waals surface area (Å²) in [7, 11) is 0. The summed E-state index contributed by atoms with van der Waals surface area (Å²) >= 11 is 0. The van der Waals surface area contributed by atoms with Crippen LogP contribution in [0.1, 0.15) is 50.2 Å². The van der Waals surface area contributed by atoms with Gasteiger partial charge >= 0.3 is 0 Å². The van der Waals surface area contributed by atoms with Gasteiger partial charge in [-0.3, -0.25) is 9.59 Å². The summed E-state index contributed by atoms with van der Waals surface area (Å²) in [6, 6.07) is 9.31. The fourth-order valence-electron chi connectivity index (χ4n) is 3.10. The van der Waals surface area contributed by atoms with Crippen molar-refractivity contribution in [3.8, 4) is 6.07 Å². The number of nitriles is 1. The van der Waals surface area contributed by atoms with E-state index in [4.69, 9.17) is 5.26 Å². The smallest absolute Gasteiger partial charge is 0.246 e. The highest BCUT2D eigenvalue weighted by Gasteiger charge is 2.26. The Morgan fingerprint density at radius 2 is 2.00 bits per heavy atom. The van der Waals surface area contributed by atoms with Crippen LogP contribution in [-0.2, 0) is 9.59 Å². The maximum atomic E-state index is 12.3. The van der Waals surface area contributed by atoms with E-state index in [1.54, 1.807) is 23.1 Å². The first-order valence-electron chi connectivity index (χ1n) is 9.39. The number of hydrogen-bond donors (Lipinski definition) is 1. The molecule has 1 N–H and O–H groups in total. The van der Waals surface area contributed by atoms with Gasteiger partial charge < -0.3 is 10.2 Å². The molecule has 1 aliphatic heterocycles. The first kappa shape index (κ1) is 19.7. The molecule has 5 nitrogen and oxygen atoms in total. The third-order valence-corrected chi connectivity index (χ3v) is 4.74. The number of carbonyl (C=O) groups is 2. The highest BCUT2D eigenvalue weighted by atomic mass is 16.2. The van der Waals surface area contributed by atoms with Crippen molar-refractivity contribution in [2.75, 3.05) is 19.6 Å². The molecule has 1 aromatic carbocycles. The molecule has 0 saturated carbocycles. The molecule has 2 rings (SSSR count). The second-order valence-electron chi connectivity index (χ2n) is 6.63. The molecule has 5 heteroatoms. The fraction of sp³-hybridized carbons (Fsp3) is 0.476. The molecular formula is C21H27N3O2. The average Bonchev–Trinajstić information content (AvgIpc) is 2.69. The van der Waals surface area contributed by atoms with Crippen LogP contribution in [0.3, 0.4) is 0 Å². The lowest BCUT2D eigenvalue weighted by Gasteiger charge is -2.30. The third kappa shape index (κ3) is 5.73. The van der Waals surface area contributed by atoms with Crippen molar-refractivity contribution in [1.29, 1.82) is 5.26 Å². The molecule has 0 aromatic heterocycles. The lowest BCUT2D eigenvalue weighted by Crippen LogP contribution is -2.42.